The number of nitrogens with zero attached hydrogens (tertiary/aromatic N) is 3. The molecule has 0 aliphatic carbocycles. The molecule has 3 aromatic rings. The Morgan fingerprint density at radius 3 is 2.33 bits per heavy atom. The van der Waals surface area contributed by atoms with Gasteiger partial charge in [-0.3, -0.25) is 9.59 Å². The van der Waals surface area contributed by atoms with Gasteiger partial charge in [-0.2, -0.15) is 0 Å². The first-order valence-corrected chi connectivity index (χ1v) is 9.99. The van der Waals surface area contributed by atoms with Crippen LogP contribution in [0.5, 0.6) is 0 Å². The number of aryl methyl sites for hydroxylation is 1. The summed E-state index contributed by atoms with van der Waals surface area (Å²) in [6.07, 6.45) is 1.73. The van der Waals surface area contributed by atoms with Crippen molar-refractivity contribution in [1.82, 2.24) is 15.2 Å². The maximum absolute atomic E-state index is 12.5. The first kappa shape index (κ1) is 19.7. The molecule has 1 aliphatic heterocycles. The molecule has 2 heterocycles. The highest BCUT2D eigenvalue weighted by Gasteiger charge is 2.21. The van der Waals surface area contributed by atoms with Crippen LogP contribution in [0.4, 0.5) is 5.69 Å². The number of oxazole rings is 1. The van der Waals surface area contributed by atoms with Crippen LogP contribution in [-0.4, -0.2) is 54.4 Å². The molecule has 154 valence electrons. The van der Waals surface area contributed by atoms with Gasteiger partial charge in [0.25, 0.3) is 5.91 Å². The van der Waals surface area contributed by atoms with E-state index in [1.54, 1.807) is 35.4 Å². The average molecular weight is 404 g/mol. The molecule has 1 saturated heterocycles. The largest absolute Gasteiger partial charge is 0.441 e. The molecular weight excluding hydrogens is 380 g/mol. The Bertz CT molecular complexity index is 1010. The number of amides is 2. The second-order valence-electron chi connectivity index (χ2n) is 7.21. The zero-order valence-electron chi connectivity index (χ0n) is 16.9. The molecule has 7 nitrogen and oxygen atoms in total. The molecule has 0 saturated carbocycles. The third-order valence-corrected chi connectivity index (χ3v) is 5.21. The summed E-state index contributed by atoms with van der Waals surface area (Å²) in [7, 11) is 0. The zero-order valence-corrected chi connectivity index (χ0v) is 16.9. The van der Waals surface area contributed by atoms with Gasteiger partial charge in [0.05, 0.1) is 12.7 Å². The number of hydrogen-bond donors (Lipinski definition) is 1. The van der Waals surface area contributed by atoms with E-state index in [1.165, 1.54) is 0 Å². The third kappa shape index (κ3) is 4.51. The quantitative estimate of drug-likeness (QED) is 0.707. The van der Waals surface area contributed by atoms with E-state index in [1.807, 2.05) is 25.1 Å². The van der Waals surface area contributed by atoms with Crippen molar-refractivity contribution in [2.24, 2.45) is 0 Å². The molecule has 0 radical (unpaired) electrons. The second kappa shape index (κ2) is 8.82. The summed E-state index contributed by atoms with van der Waals surface area (Å²) < 4.78 is 5.56. The van der Waals surface area contributed by atoms with E-state index in [2.05, 4.69) is 27.3 Å². The molecule has 4 rings (SSSR count). The molecule has 0 unspecified atom stereocenters. The molecule has 0 spiro atoms. The minimum Gasteiger partial charge on any atom is -0.441 e. The monoisotopic (exact) mass is 404 g/mol. The standard InChI is InChI=1S/C23H24N4O3/c1-17-24-15-21(30-17)18-7-9-20(10-8-18)26-11-13-27(14-12-26)22(28)16-25-23(29)19-5-3-2-4-6-19/h2-10,15H,11-14,16H2,1H3,(H,25,29). The van der Waals surface area contributed by atoms with E-state index in [9.17, 15) is 9.59 Å². The Hall–Kier alpha value is -3.61. The predicted molar refractivity (Wildman–Crippen MR) is 114 cm³/mol. The summed E-state index contributed by atoms with van der Waals surface area (Å²) >= 11 is 0. The molecule has 7 heteroatoms. The molecule has 1 aromatic heterocycles. The number of nitrogens with one attached hydrogen (secondary N) is 1. The zero-order chi connectivity index (χ0) is 20.9. The molecule has 1 fully saturated rings. The lowest BCUT2D eigenvalue weighted by Crippen LogP contribution is -2.51. The van der Waals surface area contributed by atoms with Crippen molar-refractivity contribution < 1.29 is 14.0 Å². The van der Waals surface area contributed by atoms with Gasteiger partial charge < -0.3 is 19.5 Å². The lowest BCUT2D eigenvalue weighted by Gasteiger charge is -2.36. The van der Waals surface area contributed by atoms with Gasteiger partial charge in [-0.1, -0.05) is 18.2 Å². The van der Waals surface area contributed by atoms with Crippen molar-refractivity contribution in [2.45, 2.75) is 6.92 Å². The molecule has 1 aliphatic rings. The van der Waals surface area contributed by atoms with E-state index in [4.69, 9.17) is 4.42 Å². The van der Waals surface area contributed by atoms with Crippen LogP contribution in [-0.2, 0) is 4.79 Å². The number of benzene rings is 2. The number of carbonyl (C=O) groups is 2. The number of hydrogen-bond acceptors (Lipinski definition) is 5. The van der Waals surface area contributed by atoms with Crippen LogP contribution < -0.4 is 10.2 Å². The minimum atomic E-state index is -0.232. The van der Waals surface area contributed by atoms with Crippen molar-refractivity contribution in [1.29, 1.82) is 0 Å². The van der Waals surface area contributed by atoms with Gasteiger partial charge in [-0.25, -0.2) is 4.98 Å². The van der Waals surface area contributed by atoms with Crippen molar-refractivity contribution in [3.05, 3.63) is 72.2 Å². The van der Waals surface area contributed by atoms with Crippen LogP contribution in [0.3, 0.4) is 0 Å². The van der Waals surface area contributed by atoms with Gasteiger partial charge in [0.15, 0.2) is 11.7 Å². The van der Waals surface area contributed by atoms with E-state index in [-0.39, 0.29) is 18.4 Å². The van der Waals surface area contributed by atoms with Crippen LogP contribution in [0.15, 0.2) is 65.2 Å². The molecule has 0 bridgehead atoms. The highest BCUT2D eigenvalue weighted by atomic mass is 16.4. The summed E-state index contributed by atoms with van der Waals surface area (Å²) in [5, 5.41) is 2.70. The number of aromatic nitrogens is 1. The minimum absolute atomic E-state index is 0.0129. The Morgan fingerprint density at radius 1 is 1.00 bits per heavy atom. The number of anilines is 1. The van der Waals surface area contributed by atoms with E-state index in [0.717, 1.165) is 30.1 Å². The normalized spacial score (nSPS) is 13.9. The Morgan fingerprint density at radius 2 is 1.70 bits per heavy atom. The fraction of sp³-hybridized carbons (Fsp3) is 0.261. The van der Waals surface area contributed by atoms with E-state index in [0.29, 0.717) is 24.5 Å². The molecule has 2 amide bonds. The molecule has 1 N–H and O–H groups in total. The Kier molecular flexibility index (Phi) is 5.79. The Balaban J connectivity index is 1.27. The van der Waals surface area contributed by atoms with Crippen LogP contribution in [0.1, 0.15) is 16.2 Å². The second-order valence-corrected chi connectivity index (χ2v) is 7.21. The first-order valence-electron chi connectivity index (χ1n) is 9.99. The number of rotatable bonds is 5. The molecule has 2 aromatic carbocycles. The summed E-state index contributed by atoms with van der Waals surface area (Å²) in [5.41, 5.74) is 2.65. The summed E-state index contributed by atoms with van der Waals surface area (Å²) in [5.74, 6) is 1.11. The molecular formula is C23H24N4O3. The smallest absolute Gasteiger partial charge is 0.251 e. The van der Waals surface area contributed by atoms with Gasteiger partial charge in [0, 0.05) is 49.9 Å². The number of carbonyl (C=O) groups excluding carboxylic acids is 2. The number of piperazine rings is 1. The maximum Gasteiger partial charge on any atom is 0.251 e. The highest BCUT2D eigenvalue weighted by Crippen LogP contribution is 2.24. The third-order valence-electron chi connectivity index (χ3n) is 5.21. The van der Waals surface area contributed by atoms with Gasteiger partial charge in [-0.15, -0.1) is 0 Å². The van der Waals surface area contributed by atoms with Crippen LogP contribution in [0.2, 0.25) is 0 Å². The topological polar surface area (TPSA) is 78.7 Å². The summed E-state index contributed by atoms with van der Waals surface area (Å²) in [4.78, 5) is 32.7. The SMILES string of the molecule is Cc1ncc(-c2ccc(N3CCN(C(=O)CNC(=O)c4ccccc4)CC3)cc2)o1. The first-order chi connectivity index (χ1) is 14.6. The highest BCUT2D eigenvalue weighted by molar-refractivity contribution is 5.96. The van der Waals surface area contributed by atoms with Gasteiger partial charge in [0.2, 0.25) is 5.91 Å². The lowest BCUT2D eigenvalue weighted by molar-refractivity contribution is -0.130. The maximum atomic E-state index is 12.5. The van der Waals surface area contributed by atoms with E-state index < -0.39 is 0 Å². The van der Waals surface area contributed by atoms with Gasteiger partial charge in [-0.05, 0) is 36.4 Å². The van der Waals surface area contributed by atoms with Crippen molar-refractivity contribution in [3.8, 4) is 11.3 Å². The molecule has 0 atom stereocenters. The van der Waals surface area contributed by atoms with Crippen LogP contribution in [0.25, 0.3) is 11.3 Å². The van der Waals surface area contributed by atoms with Gasteiger partial charge in [0.1, 0.15) is 0 Å². The fourth-order valence-corrected chi connectivity index (χ4v) is 3.50. The van der Waals surface area contributed by atoms with Crippen molar-refractivity contribution >= 4 is 17.5 Å². The summed E-state index contributed by atoms with van der Waals surface area (Å²) in [6.45, 7) is 4.59. The van der Waals surface area contributed by atoms with Crippen molar-refractivity contribution in [2.75, 3.05) is 37.6 Å². The van der Waals surface area contributed by atoms with Crippen LogP contribution >= 0.6 is 0 Å². The predicted octanol–water partition coefficient (Wildman–Crippen LogP) is 2.73. The van der Waals surface area contributed by atoms with E-state index >= 15 is 0 Å². The van der Waals surface area contributed by atoms with Crippen LogP contribution in [0, 0.1) is 6.92 Å². The van der Waals surface area contributed by atoms with Gasteiger partial charge >= 0.3 is 0 Å². The lowest BCUT2D eigenvalue weighted by atomic mass is 10.1. The summed E-state index contributed by atoms with van der Waals surface area (Å²) in [6, 6.07) is 17.1. The Labute approximate surface area is 175 Å². The average Bonchev–Trinajstić information content (AvgIpc) is 3.24. The fourth-order valence-electron chi connectivity index (χ4n) is 3.50. The van der Waals surface area contributed by atoms with Crippen molar-refractivity contribution in [3.63, 3.8) is 0 Å². The molecule has 30 heavy (non-hydrogen) atoms.